The maximum absolute atomic E-state index is 4.26. The highest BCUT2D eigenvalue weighted by Crippen LogP contribution is 2.18. The molecule has 0 spiro atoms. The number of hydrogen-bond donors (Lipinski definition) is 0. The molecule has 0 fully saturated rings. The van der Waals surface area contributed by atoms with E-state index in [0.717, 1.165) is 17.6 Å². The molecule has 3 rings (SSSR count). The minimum absolute atomic E-state index is 0.709. The molecule has 0 amide bonds. The Balaban J connectivity index is 1.92. The summed E-state index contributed by atoms with van der Waals surface area (Å²) in [4.78, 5) is 2.29. The van der Waals surface area contributed by atoms with Crippen LogP contribution in [0.15, 0.2) is 48.5 Å². The summed E-state index contributed by atoms with van der Waals surface area (Å²) >= 11 is 0. The molecule has 1 aromatic heterocycles. The van der Waals surface area contributed by atoms with Crippen LogP contribution in [-0.2, 0) is 6.67 Å². The van der Waals surface area contributed by atoms with E-state index >= 15 is 0 Å². The van der Waals surface area contributed by atoms with Crippen molar-refractivity contribution in [1.29, 1.82) is 0 Å². The van der Waals surface area contributed by atoms with Crippen molar-refractivity contribution in [2.24, 2.45) is 0 Å². The summed E-state index contributed by atoms with van der Waals surface area (Å²) in [5, 5.41) is 8.46. The van der Waals surface area contributed by atoms with Gasteiger partial charge in [-0.05, 0) is 43.7 Å². The fourth-order valence-corrected chi connectivity index (χ4v) is 2.37. The SMILES string of the molecule is CCN(Cn1nnc2ccccc21)c1cccc(C)c1. The molecule has 20 heavy (non-hydrogen) atoms. The Bertz CT molecular complexity index is 717. The molecule has 0 aliphatic carbocycles. The monoisotopic (exact) mass is 266 g/mol. The minimum atomic E-state index is 0.709. The van der Waals surface area contributed by atoms with Crippen molar-refractivity contribution in [3.63, 3.8) is 0 Å². The van der Waals surface area contributed by atoms with E-state index in [9.17, 15) is 0 Å². The predicted molar refractivity (Wildman–Crippen MR) is 81.7 cm³/mol. The van der Waals surface area contributed by atoms with Crippen LogP contribution in [0.2, 0.25) is 0 Å². The molecule has 3 aromatic rings. The second-order valence-electron chi connectivity index (χ2n) is 4.91. The van der Waals surface area contributed by atoms with Crippen molar-refractivity contribution in [1.82, 2.24) is 15.0 Å². The summed E-state index contributed by atoms with van der Waals surface area (Å²) in [6, 6.07) is 16.6. The van der Waals surface area contributed by atoms with Gasteiger partial charge >= 0.3 is 0 Å². The molecule has 0 saturated carbocycles. The smallest absolute Gasteiger partial charge is 0.114 e. The van der Waals surface area contributed by atoms with Gasteiger partial charge in [0, 0.05) is 12.2 Å². The Kier molecular flexibility index (Phi) is 3.37. The number of anilines is 1. The van der Waals surface area contributed by atoms with Gasteiger partial charge in [-0.1, -0.05) is 29.5 Å². The zero-order valence-electron chi connectivity index (χ0n) is 11.8. The zero-order valence-corrected chi connectivity index (χ0v) is 11.8. The lowest BCUT2D eigenvalue weighted by atomic mass is 10.2. The lowest BCUT2D eigenvalue weighted by Crippen LogP contribution is -2.26. The molecule has 0 unspecified atom stereocenters. The molecule has 1 heterocycles. The summed E-state index contributed by atoms with van der Waals surface area (Å²) in [6.07, 6.45) is 0. The molecule has 102 valence electrons. The van der Waals surface area contributed by atoms with E-state index in [1.165, 1.54) is 11.3 Å². The lowest BCUT2D eigenvalue weighted by Gasteiger charge is -2.23. The van der Waals surface area contributed by atoms with E-state index in [-0.39, 0.29) is 0 Å². The third kappa shape index (κ3) is 2.37. The van der Waals surface area contributed by atoms with Crippen molar-refractivity contribution in [3.8, 4) is 0 Å². The van der Waals surface area contributed by atoms with Crippen LogP contribution in [0.3, 0.4) is 0 Å². The van der Waals surface area contributed by atoms with Gasteiger partial charge in [0.2, 0.25) is 0 Å². The first-order valence-corrected chi connectivity index (χ1v) is 6.88. The molecule has 0 atom stereocenters. The van der Waals surface area contributed by atoms with Crippen molar-refractivity contribution >= 4 is 16.7 Å². The van der Waals surface area contributed by atoms with Crippen molar-refractivity contribution in [2.75, 3.05) is 11.4 Å². The van der Waals surface area contributed by atoms with Gasteiger partial charge in [0.15, 0.2) is 0 Å². The molecule has 0 bridgehead atoms. The summed E-state index contributed by atoms with van der Waals surface area (Å²) in [5.41, 5.74) is 4.49. The van der Waals surface area contributed by atoms with Crippen LogP contribution in [0, 0.1) is 6.92 Å². The quantitative estimate of drug-likeness (QED) is 0.727. The molecular formula is C16H18N4. The van der Waals surface area contributed by atoms with E-state index in [1.807, 2.05) is 22.9 Å². The topological polar surface area (TPSA) is 34.0 Å². The van der Waals surface area contributed by atoms with E-state index in [2.05, 4.69) is 59.4 Å². The van der Waals surface area contributed by atoms with Gasteiger partial charge in [0.1, 0.15) is 12.2 Å². The number of aryl methyl sites for hydroxylation is 1. The van der Waals surface area contributed by atoms with Crippen molar-refractivity contribution in [2.45, 2.75) is 20.5 Å². The molecule has 0 saturated heterocycles. The maximum atomic E-state index is 4.26. The Morgan fingerprint density at radius 2 is 1.95 bits per heavy atom. The highest BCUT2D eigenvalue weighted by atomic mass is 15.5. The van der Waals surface area contributed by atoms with E-state index in [1.54, 1.807) is 0 Å². The highest BCUT2D eigenvalue weighted by molar-refractivity contribution is 5.73. The summed E-state index contributed by atoms with van der Waals surface area (Å²) < 4.78 is 1.95. The van der Waals surface area contributed by atoms with Gasteiger partial charge in [-0.2, -0.15) is 0 Å². The van der Waals surface area contributed by atoms with Gasteiger partial charge in [0.05, 0.1) is 5.52 Å². The van der Waals surface area contributed by atoms with E-state index in [4.69, 9.17) is 0 Å². The molecule has 0 aliphatic rings. The third-order valence-electron chi connectivity index (χ3n) is 3.47. The van der Waals surface area contributed by atoms with Crippen LogP contribution in [0.4, 0.5) is 5.69 Å². The Morgan fingerprint density at radius 1 is 1.10 bits per heavy atom. The van der Waals surface area contributed by atoms with Gasteiger partial charge in [-0.15, -0.1) is 5.10 Å². The first-order valence-electron chi connectivity index (χ1n) is 6.88. The number of hydrogen-bond acceptors (Lipinski definition) is 3. The summed E-state index contributed by atoms with van der Waals surface area (Å²) in [6.45, 7) is 5.90. The van der Waals surface area contributed by atoms with Crippen LogP contribution in [0.5, 0.6) is 0 Å². The standard InChI is InChI=1S/C16H18N4/c1-3-19(14-8-6-7-13(2)11-14)12-20-16-10-5-4-9-15(16)17-18-20/h4-11H,3,12H2,1-2H3. The number of aromatic nitrogens is 3. The highest BCUT2D eigenvalue weighted by Gasteiger charge is 2.09. The van der Waals surface area contributed by atoms with Crippen molar-refractivity contribution < 1.29 is 0 Å². The van der Waals surface area contributed by atoms with Gasteiger partial charge in [-0.25, -0.2) is 4.68 Å². The summed E-state index contributed by atoms with van der Waals surface area (Å²) in [5.74, 6) is 0. The van der Waals surface area contributed by atoms with Gasteiger partial charge in [-0.3, -0.25) is 0 Å². The average Bonchev–Trinajstić information content (AvgIpc) is 2.88. The third-order valence-corrected chi connectivity index (χ3v) is 3.47. The molecule has 2 aromatic carbocycles. The minimum Gasteiger partial charge on any atom is -0.352 e. The molecular weight excluding hydrogens is 248 g/mol. The van der Waals surface area contributed by atoms with Gasteiger partial charge < -0.3 is 4.90 Å². The van der Waals surface area contributed by atoms with Crippen molar-refractivity contribution in [3.05, 3.63) is 54.1 Å². The van der Waals surface area contributed by atoms with Crippen LogP contribution in [0.25, 0.3) is 11.0 Å². The first kappa shape index (κ1) is 12.7. The number of benzene rings is 2. The number of nitrogens with zero attached hydrogens (tertiary/aromatic N) is 4. The normalized spacial score (nSPS) is 10.9. The second kappa shape index (κ2) is 5.33. The maximum Gasteiger partial charge on any atom is 0.114 e. The lowest BCUT2D eigenvalue weighted by molar-refractivity contribution is 0.580. The second-order valence-corrected chi connectivity index (χ2v) is 4.91. The fraction of sp³-hybridized carbons (Fsp3) is 0.250. The predicted octanol–water partition coefficient (Wildman–Crippen LogP) is 3.22. The molecule has 0 N–H and O–H groups in total. The molecule has 4 nitrogen and oxygen atoms in total. The molecule has 0 radical (unpaired) electrons. The summed E-state index contributed by atoms with van der Waals surface area (Å²) in [7, 11) is 0. The molecule has 4 heteroatoms. The number of rotatable bonds is 4. The fourth-order valence-electron chi connectivity index (χ4n) is 2.37. The van der Waals surface area contributed by atoms with E-state index < -0.39 is 0 Å². The zero-order chi connectivity index (χ0) is 13.9. The largest absolute Gasteiger partial charge is 0.352 e. The number of para-hydroxylation sites is 1. The molecule has 0 aliphatic heterocycles. The van der Waals surface area contributed by atoms with Crippen LogP contribution < -0.4 is 4.90 Å². The Hall–Kier alpha value is -2.36. The van der Waals surface area contributed by atoms with E-state index in [0.29, 0.717) is 6.67 Å². The Morgan fingerprint density at radius 3 is 2.75 bits per heavy atom. The Labute approximate surface area is 118 Å². The van der Waals surface area contributed by atoms with Crippen LogP contribution in [0.1, 0.15) is 12.5 Å². The van der Waals surface area contributed by atoms with Gasteiger partial charge in [0.25, 0.3) is 0 Å². The average molecular weight is 266 g/mol. The van der Waals surface area contributed by atoms with Crippen LogP contribution in [-0.4, -0.2) is 21.5 Å². The first-order chi connectivity index (χ1) is 9.78. The van der Waals surface area contributed by atoms with Crippen LogP contribution >= 0.6 is 0 Å². The number of fused-ring (bicyclic) bond motifs is 1.